The fourth-order valence-corrected chi connectivity index (χ4v) is 0.901. The molecule has 2 N–H and O–H groups in total. The summed E-state index contributed by atoms with van der Waals surface area (Å²) in [6, 6.07) is 0. The monoisotopic (exact) mass is 189 g/mol. The summed E-state index contributed by atoms with van der Waals surface area (Å²) >= 11 is 0. The zero-order chi connectivity index (χ0) is 10.3. The first-order valence-electron chi connectivity index (χ1n) is 5.02. The molecule has 1 atom stereocenters. The van der Waals surface area contributed by atoms with Crippen molar-refractivity contribution < 1.29 is 9.84 Å². The second-order valence-electron chi connectivity index (χ2n) is 4.09. The Morgan fingerprint density at radius 1 is 1.15 bits per heavy atom. The molecular weight excluding hydrogens is 166 g/mol. The summed E-state index contributed by atoms with van der Waals surface area (Å²) in [5.41, 5.74) is 0. The van der Waals surface area contributed by atoms with Crippen LogP contribution in [0.2, 0.25) is 0 Å². The van der Waals surface area contributed by atoms with Gasteiger partial charge in [0.15, 0.2) is 0 Å². The number of rotatable bonds is 7. The van der Waals surface area contributed by atoms with E-state index in [-0.39, 0.29) is 12.2 Å². The minimum absolute atomic E-state index is 0.194. The number of ether oxygens (including phenoxy) is 1. The Morgan fingerprint density at radius 2 is 1.77 bits per heavy atom. The van der Waals surface area contributed by atoms with Crippen molar-refractivity contribution in [3.05, 3.63) is 0 Å². The maximum Gasteiger partial charge on any atom is 0.0897 e. The summed E-state index contributed by atoms with van der Waals surface area (Å²) in [5, 5.41) is 12.6. The van der Waals surface area contributed by atoms with E-state index >= 15 is 0 Å². The van der Waals surface area contributed by atoms with Gasteiger partial charge < -0.3 is 15.2 Å². The molecule has 80 valence electrons. The SMILES string of the molecule is CC(C)CNCC(O)COC(C)C. The highest BCUT2D eigenvalue weighted by molar-refractivity contribution is 4.60. The van der Waals surface area contributed by atoms with Gasteiger partial charge in [-0.2, -0.15) is 0 Å². The molecule has 1 unspecified atom stereocenters. The molecule has 0 aromatic rings. The van der Waals surface area contributed by atoms with Crippen molar-refractivity contribution >= 4 is 0 Å². The van der Waals surface area contributed by atoms with Crippen LogP contribution >= 0.6 is 0 Å². The van der Waals surface area contributed by atoms with E-state index in [2.05, 4.69) is 19.2 Å². The molecule has 0 radical (unpaired) electrons. The van der Waals surface area contributed by atoms with E-state index in [4.69, 9.17) is 4.74 Å². The third-order valence-electron chi connectivity index (χ3n) is 1.55. The van der Waals surface area contributed by atoms with Crippen LogP contribution in [0, 0.1) is 5.92 Å². The molecule has 3 nitrogen and oxygen atoms in total. The van der Waals surface area contributed by atoms with Crippen molar-refractivity contribution in [1.29, 1.82) is 0 Å². The first-order valence-corrected chi connectivity index (χ1v) is 5.02. The smallest absolute Gasteiger partial charge is 0.0897 e. The van der Waals surface area contributed by atoms with E-state index in [0.29, 0.717) is 19.1 Å². The fraction of sp³-hybridized carbons (Fsp3) is 1.00. The van der Waals surface area contributed by atoms with E-state index < -0.39 is 0 Å². The summed E-state index contributed by atoms with van der Waals surface area (Å²) < 4.78 is 5.27. The zero-order valence-corrected chi connectivity index (χ0v) is 9.21. The second-order valence-corrected chi connectivity index (χ2v) is 4.09. The van der Waals surface area contributed by atoms with Gasteiger partial charge in [-0.1, -0.05) is 13.8 Å². The van der Waals surface area contributed by atoms with Gasteiger partial charge >= 0.3 is 0 Å². The molecule has 0 aliphatic rings. The van der Waals surface area contributed by atoms with E-state index in [0.717, 1.165) is 6.54 Å². The lowest BCUT2D eigenvalue weighted by atomic mass is 10.2. The van der Waals surface area contributed by atoms with E-state index in [1.807, 2.05) is 13.8 Å². The van der Waals surface area contributed by atoms with Crippen molar-refractivity contribution in [2.45, 2.75) is 39.9 Å². The minimum atomic E-state index is -0.388. The van der Waals surface area contributed by atoms with Gasteiger partial charge in [0.05, 0.1) is 18.8 Å². The van der Waals surface area contributed by atoms with Gasteiger partial charge in [-0.3, -0.25) is 0 Å². The maximum atomic E-state index is 9.42. The van der Waals surface area contributed by atoms with E-state index in [9.17, 15) is 5.11 Å². The lowest BCUT2D eigenvalue weighted by molar-refractivity contribution is 0.00625. The van der Waals surface area contributed by atoms with Crippen LogP contribution in [0.1, 0.15) is 27.7 Å². The molecule has 0 bridgehead atoms. The molecule has 0 aromatic carbocycles. The third kappa shape index (κ3) is 9.80. The Labute approximate surface area is 81.5 Å². The van der Waals surface area contributed by atoms with Crippen molar-refractivity contribution in [2.24, 2.45) is 5.92 Å². The van der Waals surface area contributed by atoms with Crippen molar-refractivity contribution in [3.8, 4) is 0 Å². The van der Waals surface area contributed by atoms with Crippen LogP contribution in [0.15, 0.2) is 0 Å². The van der Waals surface area contributed by atoms with Crippen molar-refractivity contribution in [1.82, 2.24) is 5.32 Å². The van der Waals surface area contributed by atoms with Crippen LogP contribution < -0.4 is 5.32 Å². The largest absolute Gasteiger partial charge is 0.389 e. The molecule has 0 fully saturated rings. The first-order chi connectivity index (χ1) is 6.02. The van der Waals surface area contributed by atoms with Gasteiger partial charge in [-0.05, 0) is 26.3 Å². The van der Waals surface area contributed by atoms with Gasteiger partial charge in [0.25, 0.3) is 0 Å². The standard InChI is InChI=1S/C10H23NO2/c1-8(2)5-11-6-10(12)7-13-9(3)4/h8-12H,5-7H2,1-4H3. The molecule has 0 aromatic heterocycles. The van der Waals surface area contributed by atoms with Crippen molar-refractivity contribution in [2.75, 3.05) is 19.7 Å². The number of nitrogens with one attached hydrogen (secondary N) is 1. The number of aliphatic hydroxyl groups is 1. The maximum absolute atomic E-state index is 9.42. The van der Waals surface area contributed by atoms with Crippen LogP contribution in [0.5, 0.6) is 0 Å². The van der Waals surface area contributed by atoms with Crippen molar-refractivity contribution in [3.63, 3.8) is 0 Å². The summed E-state index contributed by atoms with van der Waals surface area (Å²) in [4.78, 5) is 0. The number of aliphatic hydroxyl groups excluding tert-OH is 1. The lowest BCUT2D eigenvalue weighted by Gasteiger charge is -2.14. The second kappa shape index (κ2) is 7.30. The summed E-state index contributed by atoms with van der Waals surface area (Å²) in [6.07, 6.45) is -0.194. The van der Waals surface area contributed by atoms with Gasteiger partial charge in [0.2, 0.25) is 0 Å². The van der Waals surface area contributed by atoms with Crippen LogP contribution in [0.25, 0.3) is 0 Å². The molecule has 13 heavy (non-hydrogen) atoms. The Balaban J connectivity index is 3.25. The summed E-state index contributed by atoms with van der Waals surface area (Å²) in [6.45, 7) is 10.2. The Kier molecular flexibility index (Phi) is 7.23. The predicted molar refractivity (Wildman–Crippen MR) is 54.8 cm³/mol. The molecule has 0 aliphatic heterocycles. The highest BCUT2D eigenvalue weighted by Gasteiger charge is 2.05. The number of hydrogen-bond acceptors (Lipinski definition) is 3. The Morgan fingerprint density at radius 3 is 2.23 bits per heavy atom. The average molecular weight is 189 g/mol. The van der Waals surface area contributed by atoms with Crippen LogP contribution in [0.4, 0.5) is 0 Å². The molecule has 3 heteroatoms. The minimum Gasteiger partial charge on any atom is -0.389 e. The molecule has 0 aliphatic carbocycles. The molecule has 0 rings (SSSR count). The van der Waals surface area contributed by atoms with E-state index in [1.165, 1.54) is 0 Å². The molecule has 0 saturated carbocycles. The fourth-order valence-electron chi connectivity index (χ4n) is 0.901. The molecule has 0 spiro atoms. The van der Waals surface area contributed by atoms with Gasteiger partial charge in [0.1, 0.15) is 0 Å². The van der Waals surface area contributed by atoms with Gasteiger partial charge in [-0.15, -0.1) is 0 Å². The molecule has 0 saturated heterocycles. The van der Waals surface area contributed by atoms with Crippen LogP contribution in [-0.2, 0) is 4.74 Å². The first kappa shape index (κ1) is 12.9. The van der Waals surface area contributed by atoms with Gasteiger partial charge in [-0.25, -0.2) is 0 Å². The topological polar surface area (TPSA) is 41.5 Å². The molecule has 0 amide bonds. The lowest BCUT2D eigenvalue weighted by Crippen LogP contribution is -2.33. The zero-order valence-electron chi connectivity index (χ0n) is 9.21. The Hall–Kier alpha value is -0.120. The van der Waals surface area contributed by atoms with Gasteiger partial charge in [0, 0.05) is 6.54 Å². The predicted octanol–water partition coefficient (Wildman–Crippen LogP) is 1.02. The van der Waals surface area contributed by atoms with Crippen LogP contribution in [-0.4, -0.2) is 37.0 Å². The summed E-state index contributed by atoms with van der Waals surface area (Å²) in [5.74, 6) is 0.623. The highest BCUT2D eigenvalue weighted by atomic mass is 16.5. The molecular formula is C10H23NO2. The summed E-state index contributed by atoms with van der Waals surface area (Å²) in [7, 11) is 0. The van der Waals surface area contributed by atoms with Crippen LogP contribution in [0.3, 0.4) is 0 Å². The third-order valence-corrected chi connectivity index (χ3v) is 1.55. The highest BCUT2D eigenvalue weighted by Crippen LogP contribution is 1.92. The molecule has 0 heterocycles. The Bertz CT molecular complexity index is 115. The quantitative estimate of drug-likeness (QED) is 0.628. The van der Waals surface area contributed by atoms with E-state index in [1.54, 1.807) is 0 Å². The number of hydrogen-bond donors (Lipinski definition) is 2. The normalized spacial score (nSPS) is 14.1. The average Bonchev–Trinajstić information content (AvgIpc) is 2.00.